The first-order valence-electron chi connectivity index (χ1n) is 5.34. The van der Waals surface area contributed by atoms with Gasteiger partial charge in [-0.2, -0.15) is 0 Å². The van der Waals surface area contributed by atoms with Crippen molar-refractivity contribution >= 4 is 5.69 Å². The smallest absolute Gasteiger partial charge is 0.0399 e. The minimum Gasteiger partial charge on any atom is -0.374 e. The highest BCUT2D eigenvalue weighted by Gasteiger charge is 2.11. The molecule has 0 saturated heterocycles. The van der Waals surface area contributed by atoms with E-state index in [1.165, 1.54) is 42.6 Å². The minimum atomic E-state index is 0.640. The van der Waals surface area contributed by atoms with Crippen LogP contribution in [0.4, 0.5) is 5.69 Å². The average molecular weight is 190 g/mol. The number of benzene rings is 1. The first-order chi connectivity index (χ1) is 6.81. The van der Waals surface area contributed by atoms with Crippen LogP contribution in [0.1, 0.15) is 24.0 Å². The van der Waals surface area contributed by atoms with Crippen LogP contribution in [0.5, 0.6) is 0 Å². The summed E-state index contributed by atoms with van der Waals surface area (Å²) < 4.78 is 0. The quantitative estimate of drug-likeness (QED) is 0.733. The van der Waals surface area contributed by atoms with E-state index in [9.17, 15) is 0 Å². The van der Waals surface area contributed by atoms with Gasteiger partial charge in [-0.15, -0.1) is 0 Å². The van der Waals surface area contributed by atoms with Gasteiger partial charge in [-0.1, -0.05) is 12.1 Å². The molecule has 14 heavy (non-hydrogen) atoms. The Morgan fingerprint density at radius 1 is 1.36 bits per heavy atom. The van der Waals surface area contributed by atoms with Gasteiger partial charge < -0.3 is 10.6 Å². The molecule has 1 aliphatic rings. The van der Waals surface area contributed by atoms with E-state index < -0.39 is 0 Å². The lowest BCUT2D eigenvalue weighted by Crippen LogP contribution is -2.18. The predicted molar refractivity (Wildman–Crippen MR) is 60.5 cm³/mol. The highest BCUT2D eigenvalue weighted by molar-refractivity contribution is 5.55. The summed E-state index contributed by atoms with van der Waals surface area (Å²) in [4.78, 5) is 2.35. The lowest BCUT2D eigenvalue weighted by molar-refractivity contribution is 0.750. The second-order valence-electron chi connectivity index (χ2n) is 4.05. The van der Waals surface area contributed by atoms with Crippen molar-refractivity contribution in [2.45, 2.75) is 25.8 Å². The van der Waals surface area contributed by atoms with Crippen molar-refractivity contribution in [3.05, 3.63) is 29.3 Å². The average Bonchev–Trinajstić information content (AvgIpc) is 2.40. The maximum atomic E-state index is 5.65. The summed E-state index contributed by atoms with van der Waals surface area (Å²) >= 11 is 0. The molecule has 76 valence electrons. The van der Waals surface area contributed by atoms with Gasteiger partial charge >= 0.3 is 0 Å². The van der Waals surface area contributed by atoms with Gasteiger partial charge in [0.05, 0.1) is 0 Å². The van der Waals surface area contributed by atoms with Crippen LogP contribution in [-0.2, 0) is 13.0 Å². The minimum absolute atomic E-state index is 0.640. The largest absolute Gasteiger partial charge is 0.374 e. The third kappa shape index (κ3) is 1.75. The van der Waals surface area contributed by atoms with Crippen LogP contribution >= 0.6 is 0 Å². The van der Waals surface area contributed by atoms with Crippen LogP contribution in [0.15, 0.2) is 18.2 Å². The molecule has 0 radical (unpaired) electrons. The van der Waals surface area contributed by atoms with Gasteiger partial charge in [0.25, 0.3) is 0 Å². The molecule has 1 aromatic rings. The Morgan fingerprint density at radius 2 is 2.21 bits per heavy atom. The Hall–Kier alpha value is -1.02. The summed E-state index contributed by atoms with van der Waals surface area (Å²) in [7, 11) is 2.17. The van der Waals surface area contributed by atoms with Gasteiger partial charge in [-0.05, 0) is 36.5 Å². The summed E-state index contributed by atoms with van der Waals surface area (Å²) in [6.07, 6.45) is 3.81. The van der Waals surface area contributed by atoms with E-state index in [1.54, 1.807) is 0 Å². The van der Waals surface area contributed by atoms with Gasteiger partial charge in [0, 0.05) is 25.8 Å². The number of rotatable bonds is 1. The molecule has 2 N–H and O–H groups in total. The van der Waals surface area contributed by atoms with Crippen LogP contribution in [-0.4, -0.2) is 13.6 Å². The molecule has 2 heteroatoms. The molecule has 1 aliphatic heterocycles. The van der Waals surface area contributed by atoms with Crippen molar-refractivity contribution in [3.63, 3.8) is 0 Å². The first kappa shape index (κ1) is 9.53. The number of hydrogen-bond donors (Lipinski definition) is 1. The molecule has 0 amide bonds. The molecule has 2 nitrogen and oxygen atoms in total. The maximum absolute atomic E-state index is 5.65. The fourth-order valence-corrected chi connectivity index (χ4v) is 2.09. The zero-order valence-electron chi connectivity index (χ0n) is 8.79. The van der Waals surface area contributed by atoms with Gasteiger partial charge in [0.15, 0.2) is 0 Å². The van der Waals surface area contributed by atoms with Crippen molar-refractivity contribution in [1.82, 2.24) is 0 Å². The molecule has 0 atom stereocenters. The molecule has 0 aromatic heterocycles. The monoisotopic (exact) mass is 190 g/mol. The summed E-state index contributed by atoms with van der Waals surface area (Å²) in [5.41, 5.74) is 9.74. The van der Waals surface area contributed by atoms with Gasteiger partial charge in [0.2, 0.25) is 0 Å². The second kappa shape index (κ2) is 4.01. The van der Waals surface area contributed by atoms with E-state index in [0.717, 1.165) is 0 Å². The number of hydrogen-bond acceptors (Lipinski definition) is 2. The SMILES string of the molecule is CN1CCCCc2ccc(CN)cc21. The zero-order chi connectivity index (χ0) is 9.97. The van der Waals surface area contributed by atoms with Gasteiger partial charge in [0.1, 0.15) is 0 Å². The topological polar surface area (TPSA) is 29.3 Å². The molecule has 0 fully saturated rings. The van der Waals surface area contributed by atoms with E-state index in [1.807, 2.05) is 0 Å². The van der Waals surface area contributed by atoms with E-state index >= 15 is 0 Å². The number of nitrogens with two attached hydrogens (primary N) is 1. The lowest BCUT2D eigenvalue weighted by Gasteiger charge is -2.19. The Bertz CT molecular complexity index is 320. The second-order valence-corrected chi connectivity index (χ2v) is 4.05. The molecule has 1 aromatic carbocycles. The first-order valence-corrected chi connectivity index (χ1v) is 5.34. The molecule has 0 bridgehead atoms. The van der Waals surface area contributed by atoms with Gasteiger partial charge in [-0.3, -0.25) is 0 Å². The highest BCUT2D eigenvalue weighted by Crippen LogP contribution is 2.26. The van der Waals surface area contributed by atoms with Crippen molar-refractivity contribution in [3.8, 4) is 0 Å². The molecule has 0 unspecified atom stereocenters. The van der Waals surface area contributed by atoms with Crippen molar-refractivity contribution in [2.24, 2.45) is 5.73 Å². The van der Waals surface area contributed by atoms with Crippen molar-refractivity contribution < 1.29 is 0 Å². The molecular weight excluding hydrogens is 172 g/mol. The molecule has 0 aliphatic carbocycles. The highest BCUT2D eigenvalue weighted by atomic mass is 15.1. The lowest BCUT2D eigenvalue weighted by atomic mass is 10.0. The zero-order valence-corrected chi connectivity index (χ0v) is 8.79. The molecular formula is C12H18N2. The van der Waals surface area contributed by atoms with Crippen LogP contribution < -0.4 is 10.6 Å². The Morgan fingerprint density at radius 3 is 3.00 bits per heavy atom. The Balaban J connectivity index is 2.39. The normalized spacial score (nSPS) is 16.3. The molecule has 2 rings (SSSR count). The summed E-state index contributed by atoms with van der Waals surface area (Å²) in [6, 6.07) is 6.62. The van der Waals surface area contributed by atoms with Crippen molar-refractivity contribution in [2.75, 3.05) is 18.5 Å². The number of nitrogens with zero attached hydrogens (tertiary/aromatic N) is 1. The van der Waals surface area contributed by atoms with Crippen molar-refractivity contribution in [1.29, 1.82) is 0 Å². The number of fused-ring (bicyclic) bond motifs is 1. The van der Waals surface area contributed by atoms with Crippen LogP contribution in [0.25, 0.3) is 0 Å². The molecule has 1 heterocycles. The number of anilines is 1. The fourth-order valence-electron chi connectivity index (χ4n) is 2.09. The predicted octanol–water partition coefficient (Wildman–Crippen LogP) is 1.92. The summed E-state index contributed by atoms with van der Waals surface area (Å²) in [5.74, 6) is 0. The third-order valence-corrected chi connectivity index (χ3v) is 2.99. The molecule has 0 spiro atoms. The fraction of sp³-hybridized carbons (Fsp3) is 0.500. The molecule has 0 saturated carbocycles. The van der Waals surface area contributed by atoms with E-state index in [0.29, 0.717) is 6.54 Å². The van der Waals surface area contributed by atoms with E-state index in [2.05, 4.69) is 30.1 Å². The van der Waals surface area contributed by atoms with Crippen LogP contribution in [0.2, 0.25) is 0 Å². The Labute approximate surface area is 85.7 Å². The summed E-state index contributed by atoms with van der Waals surface area (Å²) in [6.45, 7) is 1.81. The third-order valence-electron chi connectivity index (χ3n) is 2.99. The number of aryl methyl sites for hydroxylation is 1. The summed E-state index contributed by atoms with van der Waals surface area (Å²) in [5, 5.41) is 0. The maximum Gasteiger partial charge on any atom is 0.0399 e. The Kier molecular flexibility index (Phi) is 2.73. The van der Waals surface area contributed by atoms with Crippen LogP contribution in [0, 0.1) is 0 Å². The van der Waals surface area contributed by atoms with Gasteiger partial charge in [-0.25, -0.2) is 0 Å². The van der Waals surface area contributed by atoms with E-state index in [-0.39, 0.29) is 0 Å². The van der Waals surface area contributed by atoms with Crippen LogP contribution in [0.3, 0.4) is 0 Å². The van der Waals surface area contributed by atoms with E-state index in [4.69, 9.17) is 5.73 Å². The standard InChI is InChI=1S/C12H18N2/c1-14-7-3-2-4-11-6-5-10(9-13)8-12(11)14/h5-6,8H,2-4,7,9,13H2,1H3.